The SMILES string of the molecule is FC(F)(F)c1ccc(CNCc2ccon2)cc1. The predicted molar refractivity (Wildman–Crippen MR) is 58.5 cm³/mol. The van der Waals surface area contributed by atoms with Gasteiger partial charge in [0.25, 0.3) is 0 Å². The highest BCUT2D eigenvalue weighted by molar-refractivity contribution is 5.24. The summed E-state index contributed by atoms with van der Waals surface area (Å²) in [5.74, 6) is 0. The summed E-state index contributed by atoms with van der Waals surface area (Å²) in [6.45, 7) is 0.989. The van der Waals surface area contributed by atoms with Crippen LogP contribution in [0.2, 0.25) is 0 Å². The maximum Gasteiger partial charge on any atom is 0.416 e. The number of alkyl halides is 3. The van der Waals surface area contributed by atoms with Crippen LogP contribution >= 0.6 is 0 Å². The number of nitrogens with one attached hydrogen (secondary N) is 1. The molecule has 1 aromatic heterocycles. The zero-order valence-electron chi connectivity index (χ0n) is 9.37. The Labute approximate surface area is 102 Å². The minimum absolute atomic E-state index is 0.477. The van der Waals surface area contributed by atoms with E-state index in [2.05, 4.69) is 15.0 Å². The van der Waals surface area contributed by atoms with Gasteiger partial charge in [-0.1, -0.05) is 17.3 Å². The Balaban J connectivity index is 1.87. The molecule has 0 spiro atoms. The third-order valence-electron chi connectivity index (χ3n) is 2.41. The zero-order chi connectivity index (χ0) is 13.0. The standard InChI is InChI=1S/C12H11F3N2O/c13-12(14,15)10-3-1-9(2-4-10)7-16-8-11-5-6-18-17-11/h1-6,16H,7-8H2. The number of halogens is 3. The molecule has 18 heavy (non-hydrogen) atoms. The largest absolute Gasteiger partial charge is 0.416 e. The summed E-state index contributed by atoms with van der Waals surface area (Å²) >= 11 is 0. The Hall–Kier alpha value is -1.82. The molecule has 0 aliphatic carbocycles. The van der Waals surface area contributed by atoms with Crippen molar-refractivity contribution in [3.05, 3.63) is 53.4 Å². The molecule has 2 rings (SSSR count). The van der Waals surface area contributed by atoms with Gasteiger partial charge in [0.2, 0.25) is 0 Å². The lowest BCUT2D eigenvalue weighted by Crippen LogP contribution is -2.13. The Kier molecular flexibility index (Phi) is 3.66. The molecule has 0 aliphatic heterocycles. The van der Waals surface area contributed by atoms with E-state index in [-0.39, 0.29) is 0 Å². The highest BCUT2D eigenvalue weighted by Gasteiger charge is 2.29. The Morgan fingerprint density at radius 1 is 1.06 bits per heavy atom. The molecule has 0 atom stereocenters. The van der Waals surface area contributed by atoms with Gasteiger partial charge in [0, 0.05) is 19.2 Å². The summed E-state index contributed by atoms with van der Waals surface area (Å²) in [6.07, 6.45) is -2.82. The lowest BCUT2D eigenvalue weighted by molar-refractivity contribution is -0.137. The molecule has 0 saturated heterocycles. The fourth-order valence-corrected chi connectivity index (χ4v) is 1.48. The van der Waals surface area contributed by atoms with Gasteiger partial charge in [0.1, 0.15) is 6.26 Å². The molecule has 0 bridgehead atoms. The summed E-state index contributed by atoms with van der Waals surface area (Å²) in [6, 6.07) is 6.79. The average Bonchev–Trinajstić information content (AvgIpc) is 2.82. The van der Waals surface area contributed by atoms with E-state index >= 15 is 0 Å². The molecule has 0 saturated carbocycles. The molecule has 0 aliphatic rings. The Morgan fingerprint density at radius 2 is 1.78 bits per heavy atom. The van der Waals surface area contributed by atoms with Gasteiger partial charge in [-0.3, -0.25) is 0 Å². The first kappa shape index (κ1) is 12.6. The quantitative estimate of drug-likeness (QED) is 0.913. The van der Waals surface area contributed by atoms with E-state index in [9.17, 15) is 13.2 Å². The van der Waals surface area contributed by atoms with Crippen LogP contribution in [0.4, 0.5) is 13.2 Å². The van der Waals surface area contributed by atoms with Crippen molar-refractivity contribution < 1.29 is 17.7 Å². The molecule has 3 nitrogen and oxygen atoms in total. The van der Waals surface area contributed by atoms with Crippen LogP contribution in [0.1, 0.15) is 16.8 Å². The van der Waals surface area contributed by atoms with E-state index in [1.807, 2.05) is 0 Å². The molecule has 0 fully saturated rings. The number of aromatic nitrogens is 1. The van der Waals surface area contributed by atoms with Crippen LogP contribution in [0.25, 0.3) is 0 Å². The molecule has 0 unspecified atom stereocenters. The smallest absolute Gasteiger partial charge is 0.364 e. The van der Waals surface area contributed by atoms with E-state index in [1.165, 1.54) is 18.4 Å². The average molecular weight is 256 g/mol. The molecular formula is C12H11F3N2O. The van der Waals surface area contributed by atoms with Crippen LogP contribution in [-0.4, -0.2) is 5.16 Å². The normalized spacial score (nSPS) is 11.7. The fourth-order valence-electron chi connectivity index (χ4n) is 1.48. The zero-order valence-corrected chi connectivity index (χ0v) is 9.37. The highest BCUT2D eigenvalue weighted by Crippen LogP contribution is 2.28. The van der Waals surface area contributed by atoms with Crippen LogP contribution in [0.5, 0.6) is 0 Å². The van der Waals surface area contributed by atoms with Gasteiger partial charge in [-0.15, -0.1) is 0 Å². The monoisotopic (exact) mass is 256 g/mol. The molecule has 0 radical (unpaired) electrons. The van der Waals surface area contributed by atoms with Gasteiger partial charge in [0.15, 0.2) is 0 Å². The van der Waals surface area contributed by atoms with Crippen LogP contribution in [-0.2, 0) is 19.3 Å². The summed E-state index contributed by atoms with van der Waals surface area (Å²) in [5, 5.41) is 6.77. The number of hydrogen-bond donors (Lipinski definition) is 1. The molecule has 1 aromatic carbocycles. The molecule has 1 N–H and O–H groups in total. The second kappa shape index (κ2) is 5.22. The molecule has 0 amide bonds. The molecule has 6 heteroatoms. The number of nitrogens with zero attached hydrogens (tertiary/aromatic N) is 1. The van der Waals surface area contributed by atoms with Crippen molar-refractivity contribution in [1.82, 2.24) is 10.5 Å². The van der Waals surface area contributed by atoms with Crippen molar-refractivity contribution in [2.45, 2.75) is 19.3 Å². The van der Waals surface area contributed by atoms with Crippen LogP contribution in [0.15, 0.2) is 41.1 Å². The van der Waals surface area contributed by atoms with E-state index in [0.717, 1.165) is 23.4 Å². The van der Waals surface area contributed by atoms with Crippen molar-refractivity contribution in [2.75, 3.05) is 0 Å². The van der Waals surface area contributed by atoms with Gasteiger partial charge >= 0.3 is 6.18 Å². The third-order valence-corrected chi connectivity index (χ3v) is 2.41. The van der Waals surface area contributed by atoms with Crippen LogP contribution in [0, 0.1) is 0 Å². The lowest BCUT2D eigenvalue weighted by atomic mass is 10.1. The van der Waals surface area contributed by atoms with E-state index in [0.29, 0.717) is 13.1 Å². The number of benzene rings is 1. The van der Waals surface area contributed by atoms with E-state index in [1.54, 1.807) is 6.07 Å². The topological polar surface area (TPSA) is 38.1 Å². The van der Waals surface area contributed by atoms with Crippen molar-refractivity contribution >= 4 is 0 Å². The second-order valence-electron chi connectivity index (χ2n) is 3.79. The maximum absolute atomic E-state index is 12.3. The first-order valence-corrected chi connectivity index (χ1v) is 5.32. The maximum atomic E-state index is 12.3. The number of hydrogen-bond acceptors (Lipinski definition) is 3. The predicted octanol–water partition coefficient (Wildman–Crippen LogP) is 2.98. The van der Waals surface area contributed by atoms with Gasteiger partial charge in [-0.05, 0) is 17.7 Å². The fraction of sp³-hybridized carbons (Fsp3) is 0.250. The van der Waals surface area contributed by atoms with Crippen LogP contribution < -0.4 is 5.32 Å². The van der Waals surface area contributed by atoms with Crippen molar-refractivity contribution in [3.8, 4) is 0 Å². The minimum atomic E-state index is -4.29. The third kappa shape index (κ3) is 3.33. The van der Waals surface area contributed by atoms with Crippen molar-refractivity contribution in [3.63, 3.8) is 0 Å². The highest BCUT2D eigenvalue weighted by atomic mass is 19.4. The molecule has 1 heterocycles. The minimum Gasteiger partial charge on any atom is -0.364 e. The summed E-state index contributed by atoms with van der Waals surface area (Å²) in [5.41, 5.74) is 0.899. The molecular weight excluding hydrogens is 245 g/mol. The first-order valence-electron chi connectivity index (χ1n) is 5.32. The van der Waals surface area contributed by atoms with Gasteiger partial charge in [0.05, 0.1) is 11.3 Å². The molecule has 2 aromatic rings. The Morgan fingerprint density at radius 3 is 2.33 bits per heavy atom. The lowest BCUT2D eigenvalue weighted by Gasteiger charge is -2.07. The number of rotatable bonds is 4. The summed E-state index contributed by atoms with van der Waals surface area (Å²) in [7, 11) is 0. The van der Waals surface area contributed by atoms with Crippen molar-refractivity contribution in [2.24, 2.45) is 0 Å². The molecule has 96 valence electrons. The summed E-state index contributed by atoms with van der Waals surface area (Å²) < 4.78 is 41.6. The first-order chi connectivity index (χ1) is 8.55. The van der Waals surface area contributed by atoms with Gasteiger partial charge in [-0.25, -0.2) is 0 Å². The second-order valence-corrected chi connectivity index (χ2v) is 3.79. The van der Waals surface area contributed by atoms with E-state index in [4.69, 9.17) is 0 Å². The van der Waals surface area contributed by atoms with Gasteiger partial charge in [-0.2, -0.15) is 13.2 Å². The van der Waals surface area contributed by atoms with Crippen LogP contribution in [0.3, 0.4) is 0 Å². The summed E-state index contributed by atoms with van der Waals surface area (Å²) in [4.78, 5) is 0. The van der Waals surface area contributed by atoms with E-state index < -0.39 is 11.7 Å². The van der Waals surface area contributed by atoms with Gasteiger partial charge < -0.3 is 9.84 Å². The Bertz CT molecular complexity index is 477. The van der Waals surface area contributed by atoms with Crippen molar-refractivity contribution in [1.29, 1.82) is 0 Å².